The molecule has 0 aromatic heterocycles. The zero-order valence-corrected chi connectivity index (χ0v) is 19.0. The maximum absolute atomic E-state index is 12.7. The molecule has 0 aliphatic heterocycles. The summed E-state index contributed by atoms with van der Waals surface area (Å²) in [5.74, 6) is 2.49. The highest BCUT2D eigenvalue weighted by atomic mass is 16.3. The second-order valence-electron chi connectivity index (χ2n) is 11.5. The van der Waals surface area contributed by atoms with Crippen LogP contribution in [0.25, 0.3) is 0 Å². The molecule has 0 heterocycles. The van der Waals surface area contributed by atoms with E-state index in [0.29, 0.717) is 36.4 Å². The van der Waals surface area contributed by atoms with Gasteiger partial charge in [0.05, 0.1) is 5.60 Å². The lowest BCUT2D eigenvalue weighted by Gasteiger charge is -2.65. The molecule has 0 saturated heterocycles. The second-order valence-corrected chi connectivity index (χ2v) is 11.5. The monoisotopic (exact) mass is 402 g/mol. The Bertz CT molecular complexity index is 656. The quantitative estimate of drug-likeness (QED) is 0.565. The van der Waals surface area contributed by atoms with Crippen LogP contribution in [0.15, 0.2) is 0 Å². The molecule has 0 bridgehead atoms. The van der Waals surface area contributed by atoms with E-state index in [9.17, 15) is 14.7 Å². The lowest BCUT2D eigenvalue weighted by atomic mass is 9.41. The van der Waals surface area contributed by atoms with Gasteiger partial charge in [-0.3, -0.25) is 9.59 Å². The number of unbranched alkanes of at least 4 members (excludes halogenated alkanes) is 4. The molecular formula is C26H42O3. The van der Waals surface area contributed by atoms with Gasteiger partial charge in [0.25, 0.3) is 0 Å². The minimum atomic E-state index is -0.829. The molecule has 7 atom stereocenters. The molecule has 3 heteroatoms. The fourth-order valence-corrected chi connectivity index (χ4v) is 8.38. The number of ketones is 2. The van der Waals surface area contributed by atoms with Gasteiger partial charge in [0.15, 0.2) is 0 Å². The number of rotatable bonds is 6. The summed E-state index contributed by atoms with van der Waals surface area (Å²) in [6.07, 6.45) is 14.0. The fraction of sp³-hybridized carbons (Fsp3) is 0.923. The summed E-state index contributed by atoms with van der Waals surface area (Å²) >= 11 is 0. The van der Waals surface area contributed by atoms with Gasteiger partial charge < -0.3 is 5.11 Å². The van der Waals surface area contributed by atoms with Gasteiger partial charge >= 0.3 is 0 Å². The van der Waals surface area contributed by atoms with Crippen LogP contribution in [0.2, 0.25) is 0 Å². The highest BCUT2D eigenvalue weighted by Gasteiger charge is 2.67. The van der Waals surface area contributed by atoms with Crippen molar-refractivity contribution in [3.05, 3.63) is 0 Å². The van der Waals surface area contributed by atoms with Crippen LogP contribution in [-0.4, -0.2) is 22.3 Å². The summed E-state index contributed by atoms with van der Waals surface area (Å²) < 4.78 is 0. The number of carbonyl (C=O) groups excluding carboxylic acids is 2. The van der Waals surface area contributed by atoms with Crippen molar-refractivity contribution in [3.63, 3.8) is 0 Å². The van der Waals surface area contributed by atoms with E-state index in [4.69, 9.17) is 0 Å². The van der Waals surface area contributed by atoms with Gasteiger partial charge in [0.1, 0.15) is 11.6 Å². The Balaban J connectivity index is 1.61. The average Bonchev–Trinajstić information content (AvgIpc) is 2.98. The maximum atomic E-state index is 12.7. The van der Waals surface area contributed by atoms with E-state index >= 15 is 0 Å². The van der Waals surface area contributed by atoms with Crippen LogP contribution in [0.5, 0.6) is 0 Å². The molecule has 4 aliphatic carbocycles. The molecule has 4 saturated carbocycles. The first-order chi connectivity index (χ1) is 13.8. The van der Waals surface area contributed by atoms with Gasteiger partial charge in [0, 0.05) is 30.1 Å². The predicted octanol–water partition coefficient (Wildman–Crippen LogP) is 5.87. The maximum Gasteiger partial charge on any atom is 0.139 e. The molecule has 0 amide bonds. The van der Waals surface area contributed by atoms with Crippen molar-refractivity contribution in [3.8, 4) is 0 Å². The van der Waals surface area contributed by atoms with Crippen LogP contribution in [0, 0.1) is 34.5 Å². The molecule has 4 aliphatic rings. The Kier molecular flexibility index (Phi) is 5.77. The Morgan fingerprint density at radius 1 is 0.966 bits per heavy atom. The van der Waals surface area contributed by atoms with E-state index in [2.05, 4.69) is 20.8 Å². The summed E-state index contributed by atoms with van der Waals surface area (Å²) in [5.41, 5.74) is -1.11. The molecule has 4 fully saturated rings. The Morgan fingerprint density at radius 3 is 2.48 bits per heavy atom. The van der Waals surface area contributed by atoms with Crippen LogP contribution in [0.4, 0.5) is 0 Å². The number of hydrogen-bond acceptors (Lipinski definition) is 3. The third-order valence-electron chi connectivity index (χ3n) is 10.2. The normalized spacial score (nSPS) is 46.9. The third kappa shape index (κ3) is 3.25. The molecule has 1 N–H and O–H groups in total. The highest BCUT2D eigenvalue weighted by molar-refractivity contribution is 5.87. The van der Waals surface area contributed by atoms with Gasteiger partial charge in [-0.1, -0.05) is 52.9 Å². The zero-order chi connectivity index (χ0) is 20.9. The molecule has 29 heavy (non-hydrogen) atoms. The molecule has 3 nitrogen and oxygen atoms in total. The van der Waals surface area contributed by atoms with Crippen molar-refractivity contribution < 1.29 is 14.7 Å². The van der Waals surface area contributed by atoms with E-state index in [1.54, 1.807) is 0 Å². The summed E-state index contributed by atoms with van der Waals surface area (Å²) in [6.45, 7) is 6.78. The summed E-state index contributed by atoms with van der Waals surface area (Å²) in [7, 11) is 0. The summed E-state index contributed by atoms with van der Waals surface area (Å²) in [5, 5.41) is 12.1. The molecular weight excluding hydrogens is 360 g/mol. The SMILES string of the molecule is CCCCCCC[C@@H]1C[C@H]2[C@@H]3CCC(=O)[C@@]3(C)CC[C@@H]2[C@@]2(C)CCC(=O)C[C@]12O. The number of Topliss-reactive ketones (excluding diaryl/α,β-unsaturated/α-hetero) is 2. The molecule has 4 rings (SSSR count). The number of carbonyl (C=O) groups is 2. The zero-order valence-electron chi connectivity index (χ0n) is 19.0. The van der Waals surface area contributed by atoms with Crippen molar-refractivity contribution >= 4 is 11.6 Å². The molecule has 0 aromatic rings. The first kappa shape index (κ1) is 21.5. The Hall–Kier alpha value is -0.700. The first-order valence-electron chi connectivity index (χ1n) is 12.5. The van der Waals surface area contributed by atoms with Crippen molar-refractivity contribution in [1.82, 2.24) is 0 Å². The van der Waals surface area contributed by atoms with Gasteiger partial charge in [-0.25, -0.2) is 0 Å². The third-order valence-corrected chi connectivity index (χ3v) is 10.2. The van der Waals surface area contributed by atoms with Crippen molar-refractivity contribution in [1.29, 1.82) is 0 Å². The van der Waals surface area contributed by atoms with Gasteiger partial charge in [0.2, 0.25) is 0 Å². The van der Waals surface area contributed by atoms with Crippen LogP contribution >= 0.6 is 0 Å². The molecule has 0 spiro atoms. The minimum Gasteiger partial charge on any atom is -0.389 e. The highest BCUT2D eigenvalue weighted by Crippen LogP contribution is 2.68. The summed E-state index contributed by atoms with van der Waals surface area (Å²) in [4.78, 5) is 25.2. The van der Waals surface area contributed by atoms with Crippen LogP contribution in [-0.2, 0) is 9.59 Å². The van der Waals surface area contributed by atoms with E-state index in [-0.39, 0.29) is 22.5 Å². The van der Waals surface area contributed by atoms with Gasteiger partial charge in [-0.2, -0.15) is 0 Å². The molecule has 0 radical (unpaired) electrons. The minimum absolute atomic E-state index is 0.122. The Labute approximate surface area is 177 Å². The van der Waals surface area contributed by atoms with Crippen LogP contribution in [0.1, 0.15) is 111 Å². The van der Waals surface area contributed by atoms with E-state index < -0.39 is 5.60 Å². The average molecular weight is 403 g/mol. The van der Waals surface area contributed by atoms with Crippen molar-refractivity contribution in [2.24, 2.45) is 34.5 Å². The standard InChI is InChI=1S/C26H42O3/c1-4-5-6-7-8-9-18-16-20-21-10-11-23(28)24(21,2)14-13-22(20)25(3)15-12-19(27)17-26(18,25)29/h18,20-22,29H,4-17H2,1-3H3/t18-,20+,21+,22+,24+,25-,26+/m1/s1. The predicted molar refractivity (Wildman–Crippen MR) is 115 cm³/mol. The number of fused-ring (bicyclic) bond motifs is 5. The lowest BCUT2D eigenvalue weighted by molar-refractivity contribution is -0.229. The van der Waals surface area contributed by atoms with E-state index in [1.807, 2.05) is 0 Å². The van der Waals surface area contributed by atoms with Gasteiger partial charge in [-0.15, -0.1) is 0 Å². The van der Waals surface area contributed by atoms with Crippen molar-refractivity contribution in [2.75, 3.05) is 0 Å². The molecule has 0 unspecified atom stereocenters. The lowest BCUT2D eigenvalue weighted by Crippen LogP contribution is -2.66. The second kappa shape index (κ2) is 7.77. The first-order valence-corrected chi connectivity index (χ1v) is 12.5. The largest absolute Gasteiger partial charge is 0.389 e. The Morgan fingerprint density at radius 2 is 1.72 bits per heavy atom. The van der Waals surface area contributed by atoms with Crippen LogP contribution in [0.3, 0.4) is 0 Å². The molecule has 0 aromatic carbocycles. The summed E-state index contributed by atoms with van der Waals surface area (Å²) in [6, 6.07) is 0. The van der Waals surface area contributed by atoms with Gasteiger partial charge in [-0.05, 0) is 62.2 Å². The van der Waals surface area contributed by atoms with E-state index in [1.165, 1.54) is 25.7 Å². The van der Waals surface area contributed by atoms with Crippen LogP contribution < -0.4 is 0 Å². The van der Waals surface area contributed by atoms with E-state index in [0.717, 1.165) is 51.4 Å². The topological polar surface area (TPSA) is 54.4 Å². The number of aliphatic hydroxyl groups is 1. The van der Waals surface area contributed by atoms with Crippen molar-refractivity contribution in [2.45, 2.75) is 116 Å². The molecule has 164 valence electrons. The fourth-order valence-electron chi connectivity index (χ4n) is 8.38. The number of hydrogen-bond donors (Lipinski definition) is 1. The smallest absolute Gasteiger partial charge is 0.139 e.